The predicted molar refractivity (Wildman–Crippen MR) is 219 cm³/mol. The fourth-order valence-electron chi connectivity index (χ4n) is 8.16. The van der Waals surface area contributed by atoms with Gasteiger partial charge in [-0.25, -0.2) is 4.79 Å². The lowest BCUT2D eigenvalue weighted by molar-refractivity contribution is -0.156. The summed E-state index contributed by atoms with van der Waals surface area (Å²) in [6, 6.07) is 26.7. The van der Waals surface area contributed by atoms with Crippen molar-refractivity contribution in [2.45, 2.75) is 88.7 Å². The van der Waals surface area contributed by atoms with Gasteiger partial charge >= 0.3 is 5.97 Å². The molecule has 3 aromatic rings. The molecule has 0 unspecified atom stereocenters. The molecule has 0 aliphatic carbocycles. The molecule has 3 aromatic carbocycles. The maximum Gasteiger partial charge on any atom is 0.328 e. The summed E-state index contributed by atoms with van der Waals surface area (Å²) < 4.78 is 5.08. The van der Waals surface area contributed by atoms with E-state index in [1.54, 1.807) is 21.6 Å². The number of ether oxygens (including phenoxy) is 1. The molecule has 0 saturated carbocycles. The predicted octanol–water partition coefficient (Wildman–Crippen LogP) is 6.10. The number of esters is 1. The van der Waals surface area contributed by atoms with E-state index in [1.807, 2.05) is 117 Å². The number of nitrogens with one attached hydrogen (secondary N) is 2. The number of carbonyl (C=O) groups is 5. The molecular weight excluding hydrogens is 725 g/mol. The second kappa shape index (κ2) is 18.8. The normalized spacial score (nSPS) is 23.2. The molecule has 0 radical (unpaired) electrons. The van der Waals surface area contributed by atoms with Gasteiger partial charge in [0.15, 0.2) is 0 Å². The molecule has 4 amide bonds. The van der Waals surface area contributed by atoms with Gasteiger partial charge < -0.3 is 25.2 Å². The Bertz CT molecular complexity index is 1860. The van der Waals surface area contributed by atoms with E-state index in [-0.39, 0.29) is 29.0 Å². The first kappa shape index (κ1) is 40.8. The monoisotopic (exact) mass is 778 g/mol. The Kier molecular flexibility index (Phi) is 13.7. The minimum absolute atomic E-state index is 0.139. The summed E-state index contributed by atoms with van der Waals surface area (Å²) in [6.45, 7) is 4.31. The third-order valence-corrected chi connectivity index (χ3v) is 12.7. The first-order valence-electron chi connectivity index (χ1n) is 19.8. The topological polar surface area (TPSA) is 125 Å². The molecule has 3 aliphatic rings. The van der Waals surface area contributed by atoms with Gasteiger partial charge in [-0.05, 0) is 80.4 Å². The van der Waals surface area contributed by atoms with Crippen LogP contribution in [0.1, 0.15) is 63.5 Å². The van der Waals surface area contributed by atoms with Crippen LogP contribution in [-0.4, -0.2) is 77.4 Å². The molecule has 0 aromatic heterocycles. The number of anilines is 1. The highest BCUT2D eigenvalue weighted by molar-refractivity contribution is 7.99. The lowest BCUT2D eigenvalue weighted by Gasteiger charge is -2.40. The van der Waals surface area contributed by atoms with Gasteiger partial charge in [-0.2, -0.15) is 0 Å². The Balaban J connectivity index is 1.23. The van der Waals surface area contributed by atoms with Crippen LogP contribution in [0, 0.1) is 17.3 Å². The third kappa shape index (κ3) is 9.90. The fourth-order valence-corrected chi connectivity index (χ4v) is 9.55. The quantitative estimate of drug-likeness (QED) is 0.159. The molecular formula is C45H54N4O6S. The highest BCUT2D eigenvalue weighted by Crippen LogP contribution is 2.35. The fraction of sp³-hybridized carbons (Fsp3) is 0.444. The minimum Gasteiger partial charge on any atom is -0.467 e. The van der Waals surface area contributed by atoms with Crippen LogP contribution in [0.25, 0.3) is 0 Å². The average molecular weight is 779 g/mol. The number of thioether (sulfide) groups is 1. The Labute approximate surface area is 334 Å². The van der Waals surface area contributed by atoms with Gasteiger partial charge in [-0.1, -0.05) is 105 Å². The lowest BCUT2D eigenvalue weighted by atomic mass is 9.82. The Morgan fingerprint density at radius 2 is 1.36 bits per heavy atom. The van der Waals surface area contributed by atoms with Crippen LogP contribution in [0.2, 0.25) is 0 Å². The van der Waals surface area contributed by atoms with Gasteiger partial charge in [0.25, 0.3) is 5.91 Å². The largest absolute Gasteiger partial charge is 0.467 e. The Morgan fingerprint density at radius 3 is 1.95 bits per heavy atom. The summed E-state index contributed by atoms with van der Waals surface area (Å²) in [6.07, 6.45) is 8.16. The highest BCUT2D eigenvalue weighted by Gasteiger charge is 2.44. The lowest BCUT2D eigenvalue weighted by Crippen LogP contribution is -2.57. The SMILES string of the molecule is COC(=O)[C@@H]1CCC[C@@H]2SCC[C@H](NC(=O)[C@H](CC[C@H](Cc3ccccc3)C(=O)N[C@@H]3C(=O)N(c4ccccc4)CC=CC3(C)C)Cc3ccccc3)C(=O)N21. The van der Waals surface area contributed by atoms with Crippen LogP contribution in [0.4, 0.5) is 5.69 Å². The summed E-state index contributed by atoms with van der Waals surface area (Å²) in [5.74, 6) is -1.80. The number of para-hydroxylation sites is 1. The van der Waals surface area contributed by atoms with E-state index in [0.29, 0.717) is 50.8 Å². The van der Waals surface area contributed by atoms with Crippen molar-refractivity contribution in [2.75, 3.05) is 24.3 Å². The van der Waals surface area contributed by atoms with Crippen LogP contribution >= 0.6 is 11.8 Å². The van der Waals surface area contributed by atoms with Crippen LogP contribution in [-0.2, 0) is 41.6 Å². The van der Waals surface area contributed by atoms with Gasteiger partial charge in [0.2, 0.25) is 17.7 Å². The van der Waals surface area contributed by atoms with E-state index in [1.165, 1.54) is 7.11 Å². The summed E-state index contributed by atoms with van der Waals surface area (Å²) in [7, 11) is 1.34. The number of rotatable bonds is 13. The number of hydrogen-bond donors (Lipinski definition) is 2. The van der Waals surface area contributed by atoms with E-state index in [0.717, 1.165) is 29.7 Å². The number of hydrogen-bond acceptors (Lipinski definition) is 7. The van der Waals surface area contributed by atoms with Crippen molar-refractivity contribution in [1.29, 1.82) is 0 Å². The molecule has 3 heterocycles. The number of nitrogens with zero attached hydrogens (tertiary/aromatic N) is 2. The van der Waals surface area contributed by atoms with Crippen molar-refractivity contribution >= 4 is 47.0 Å². The molecule has 2 saturated heterocycles. The second-order valence-electron chi connectivity index (χ2n) is 15.7. The highest BCUT2D eigenvalue weighted by atomic mass is 32.2. The average Bonchev–Trinajstić information content (AvgIpc) is 3.44. The summed E-state index contributed by atoms with van der Waals surface area (Å²) >= 11 is 1.65. The smallest absolute Gasteiger partial charge is 0.328 e. The third-order valence-electron chi connectivity index (χ3n) is 11.3. The van der Waals surface area contributed by atoms with E-state index in [2.05, 4.69) is 10.6 Å². The molecule has 6 rings (SSSR count). The number of fused-ring (bicyclic) bond motifs is 1. The van der Waals surface area contributed by atoms with Crippen molar-refractivity contribution < 1.29 is 28.7 Å². The molecule has 10 nitrogen and oxygen atoms in total. The summed E-state index contributed by atoms with van der Waals surface area (Å²) in [5, 5.41) is 6.13. The van der Waals surface area contributed by atoms with Crippen LogP contribution in [0.3, 0.4) is 0 Å². The molecule has 6 atom stereocenters. The number of amides is 4. The van der Waals surface area contributed by atoms with Crippen molar-refractivity contribution in [3.05, 3.63) is 114 Å². The Morgan fingerprint density at radius 1 is 0.786 bits per heavy atom. The minimum atomic E-state index is -0.817. The van der Waals surface area contributed by atoms with E-state index < -0.39 is 41.3 Å². The maximum absolute atomic E-state index is 14.5. The van der Waals surface area contributed by atoms with Crippen LogP contribution in [0.15, 0.2) is 103 Å². The molecule has 56 heavy (non-hydrogen) atoms. The number of carbonyl (C=O) groups excluding carboxylic acids is 5. The summed E-state index contributed by atoms with van der Waals surface area (Å²) in [5.41, 5.74) is 2.05. The van der Waals surface area contributed by atoms with Gasteiger partial charge in [0, 0.05) is 29.5 Å². The zero-order valence-corrected chi connectivity index (χ0v) is 33.4. The van der Waals surface area contributed by atoms with Crippen LogP contribution in [0.5, 0.6) is 0 Å². The molecule has 296 valence electrons. The molecule has 0 bridgehead atoms. The molecule has 0 spiro atoms. The maximum atomic E-state index is 14.5. The van der Waals surface area contributed by atoms with Crippen molar-refractivity contribution in [2.24, 2.45) is 17.3 Å². The van der Waals surface area contributed by atoms with Gasteiger partial charge in [0.1, 0.15) is 18.1 Å². The molecule has 2 N–H and O–H groups in total. The first-order chi connectivity index (χ1) is 27.1. The number of piperidine rings is 1. The van der Waals surface area contributed by atoms with E-state index in [9.17, 15) is 24.0 Å². The first-order valence-corrected chi connectivity index (χ1v) is 20.8. The van der Waals surface area contributed by atoms with Crippen molar-refractivity contribution in [1.82, 2.24) is 15.5 Å². The molecule has 11 heteroatoms. The van der Waals surface area contributed by atoms with E-state index >= 15 is 0 Å². The van der Waals surface area contributed by atoms with Gasteiger partial charge in [-0.3, -0.25) is 19.2 Å². The zero-order chi connectivity index (χ0) is 39.7. The Hall–Kier alpha value is -4.90. The number of methoxy groups -OCH3 is 1. The second-order valence-corrected chi connectivity index (χ2v) is 17.0. The van der Waals surface area contributed by atoms with E-state index in [4.69, 9.17) is 4.74 Å². The molecule has 3 aliphatic heterocycles. The molecule has 2 fully saturated rings. The van der Waals surface area contributed by atoms with Crippen molar-refractivity contribution in [3.8, 4) is 0 Å². The standard InChI is InChI=1S/C45H54N4O6S/c1-45(2)26-14-27-48(35-19-11-6-12-20-35)43(53)39(45)47-41(51)34(30-32-17-9-5-10-18-32)24-23-33(29-31-15-7-4-8-16-31)40(50)46-36-25-28-56-38-22-13-21-37(44(54)55-3)49(38)42(36)52/h4-12,14-20,26,33-34,36-39H,13,21-25,27-30H2,1-3H3,(H,46,50)(H,47,51)/t33-,34-,36+,37+,38+,39-/m1/s1. The zero-order valence-electron chi connectivity index (χ0n) is 32.6. The summed E-state index contributed by atoms with van der Waals surface area (Å²) in [4.78, 5) is 73.3. The van der Waals surface area contributed by atoms with Gasteiger partial charge in [-0.15, -0.1) is 11.8 Å². The number of benzene rings is 3. The van der Waals surface area contributed by atoms with Crippen LogP contribution < -0.4 is 15.5 Å². The van der Waals surface area contributed by atoms with Gasteiger partial charge in [0.05, 0.1) is 12.5 Å². The van der Waals surface area contributed by atoms with Crippen molar-refractivity contribution in [3.63, 3.8) is 0 Å².